The van der Waals surface area contributed by atoms with Gasteiger partial charge >= 0.3 is 0 Å². The Morgan fingerprint density at radius 3 is 2.71 bits per heavy atom. The first kappa shape index (κ1) is 10.4. The van der Waals surface area contributed by atoms with E-state index in [0.29, 0.717) is 12.1 Å². The number of morpholine rings is 1. The molecule has 1 aliphatic heterocycles. The van der Waals surface area contributed by atoms with E-state index in [4.69, 9.17) is 10.5 Å². The van der Waals surface area contributed by atoms with Gasteiger partial charge in [-0.3, -0.25) is 4.90 Å². The maximum Gasteiger partial charge on any atom is 0.0753 e. The molecule has 2 unspecified atom stereocenters. The minimum atomic E-state index is 0.0327. The highest BCUT2D eigenvalue weighted by atomic mass is 16.5. The molecule has 3 nitrogen and oxygen atoms in total. The fraction of sp³-hybridized carbons (Fsp3) is 1.00. The lowest BCUT2D eigenvalue weighted by Gasteiger charge is -2.41. The van der Waals surface area contributed by atoms with Crippen molar-refractivity contribution in [2.75, 3.05) is 19.7 Å². The first-order valence-corrected chi connectivity index (χ1v) is 5.70. The van der Waals surface area contributed by atoms with Crippen LogP contribution < -0.4 is 5.73 Å². The van der Waals surface area contributed by atoms with Crippen LogP contribution in [0, 0.1) is 0 Å². The Kier molecular flexibility index (Phi) is 2.82. The third kappa shape index (κ3) is 2.27. The van der Waals surface area contributed by atoms with Crippen molar-refractivity contribution in [3.8, 4) is 0 Å². The molecule has 2 rings (SSSR count). The molecule has 1 saturated heterocycles. The van der Waals surface area contributed by atoms with Gasteiger partial charge < -0.3 is 10.5 Å². The molecule has 0 amide bonds. The van der Waals surface area contributed by atoms with Gasteiger partial charge in [0.25, 0.3) is 0 Å². The number of rotatable bonds is 1. The summed E-state index contributed by atoms with van der Waals surface area (Å²) in [5.41, 5.74) is 5.97. The lowest BCUT2D eigenvalue weighted by molar-refractivity contribution is -0.0964. The van der Waals surface area contributed by atoms with E-state index in [-0.39, 0.29) is 5.60 Å². The summed E-state index contributed by atoms with van der Waals surface area (Å²) in [6.45, 7) is 7.37. The molecular weight excluding hydrogens is 176 g/mol. The van der Waals surface area contributed by atoms with Gasteiger partial charge in [0.15, 0.2) is 0 Å². The summed E-state index contributed by atoms with van der Waals surface area (Å²) in [5.74, 6) is 0. The van der Waals surface area contributed by atoms with Crippen molar-refractivity contribution in [2.24, 2.45) is 5.73 Å². The van der Waals surface area contributed by atoms with Gasteiger partial charge in [0.05, 0.1) is 12.2 Å². The monoisotopic (exact) mass is 198 g/mol. The number of hydrogen-bond donors (Lipinski definition) is 1. The third-order valence-corrected chi connectivity index (χ3v) is 3.42. The maximum absolute atomic E-state index is 5.94. The summed E-state index contributed by atoms with van der Waals surface area (Å²) >= 11 is 0. The number of ether oxygens (including phenoxy) is 1. The van der Waals surface area contributed by atoms with Gasteiger partial charge in [-0.1, -0.05) is 0 Å². The van der Waals surface area contributed by atoms with Crippen molar-refractivity contribution in [3.05, 3.63) is 0 Å². The van der Waals surface area contributed by atoms with Crippen LogP contribution in [-0.4, -0.2) is 42.3 Å². The standard InChI is InChI=1S/C11H22N2O/c1-11(2)8-13(5-6-14-11)10-4-3-9(12)7-10/h9-10H,3-8,12H2,1-2H3. The van der Waals surface area contributed by atoms with Crippen LogP contribution >= 0.6 is 0 Å². The van der Waals surface area contributed by atoms with Crippen LogP contribution in [0.15, 0.2) is 0 Å². The molecule has 2 atom stereocenters. The van der Waals surface area contributed by atoms with Crippen molar-refractivity contribution >= 4 is 0 Å². The molecule has 82 valence electrons. The summed E-state index contributed by atoms with van der Waals surface area (Å²) in [5, 5.41) is 0. The minimum Gasteiger partial charge on any atom is -0.373 e. The lowest BCUT2D eigenvalue weighted by atomic mass is 10.0. The van der Waals surface area contributed by atoms with Crippen LogP contribution in [0.3, 0.4) is 0 Å². The maximum atomic E-state index is 5.94. The largest absolute Gasteiger partial charge is 0.373 e. The van der Waals surface area contributed by atoms with E-state index in [1.54, 1.807) is 0 Å². The van der Waals surface area contributed by atoms with Crippen LogP contribution in [0.1, 0.15) is 33.1 Å². The number of hydrogen-bond acceptors (Lipinski definition) is 3. The Bertz CT molecular complexity index is 205. The van der Waals surface area contributed by atoms with E-state index in [9.17, 15) is 0 Å². The van der Waals surface area contributed by atoms with E-state index in [0.717, 1.165) is 19.7 Å². The van der Waals surface area contributed by atoms with Crippen LogP contribution in [0.4, 0.5) is 0 Å². The van der Waals surface area contributed by atoms with Crippen LogP contribution in [0.25, 0.3) is 0 Å². The first-order valence-electron chi connectivity index (χ1n) is 5.70. The van der Waals surface area contributed by atoms with Crippen LogP contribution in [-0.2, 0) is 4.74 Å². The molecular formula is C11H22N2O. The number of nitrogens with zero attached hydrogens (tertiary/aromatic N) is 1. The summed E-state index contributed by atoms with van der Waals surface area (Å²) in [6, 6.07) is 1.15. The Morgan fingerprint density at radius 2 is 2.14 bits per heavy atom. The van der Waals surface area contributed by atoms with Gasteiger partial charge in [0.2, 0.25) is 0 Å². The quantitative estimate of drug-likeness (QED) is 0.682. The van der Waals surface area contributed by atoms with Crippen molar-refractivity contribution < 1.29 is 4.74 Å². The molecule has 14 heavy (non-hydrogen) atoms. The average molecular weight is 198 g/mol. The molecule has 0 aromatic rings. The van der Waals surface area contributed by atoms with E-state index in [1.165, 1.54) is 19.3 Å². The van der Waals surface area contributed by atoms with Gasteiger partial charge in [-0.05, 0) is 33.1 Å². The fourth-order valence-corrected chi connectivity index (χ4v) is 2.69. The lowest BCUT2D eigenvalue weighted by Crippen LogP contribution is -2.51. The second kappa shape index (κ2) is 3.80. The highest BCUT2D eigenvalue weighted by Gasteiger charge is 2.34. The molecule has 2 N–H and O–H groups in total. The molecule has 2 fully saturated rings. The summed E-state index contributed by atoms with van der Waals surface area (Å²) in [6.07, 6.45) is 3.65. The van der Waals surface area contributed by atoms with Crippen molar-refractivity contribution in [2.45, 2.75) is 50.8 Å². The molecule has 0 radical (unpaired) electrons. The van der Waals surface area contributed by atoms with Gasteiger partial charge in [-0.15, -0.1) is 0 Å². The Labute approximate surface area is 86.6 Å². The van der Waals surface area contributed by atoms with E-state index in [1.807, 2.05) is 0 Å². The van der Waals surface area contributed by atoms with E-state index >= 15 is 0 Å². The Morgan fingerprint density at radius 1 is 1.36 bits per heavy atom. The smallest absolute Gasteiger partial charge is 0.0753 e. The topological polar surface area (TPSA) is 38.5 Å². The predicted octanol–water partition coefficient (Wildman–Crippen LogP) is 0.977. The van der Waals surface area contributed by atoms with Gasteiger partial charge in [0, 0.05) is 25.2 Å². The van der Waals surface area contributed by atoms with Gasteiger partial charge in [-0.2, -0.15) is 0 Å². The Balaban J connectivity index is 1.91. The first-order chi connectivity index (χ1) is 6.57. The van der Waals surface area contributed by atoms with Crippen LogP contribution in [0.5, 0.6) is 0 Å². The SMILES string of the molecule is CC1(C)CN(C2CCC(N)C2)CCO1. The number of nitrogens with two attached hydrogens (primary N) is 1. The average Bonchev–Trinajstić information content (AvgIpc) is 2.50. The molecule has 0 aromatic heterocycles. The Hall–Kier alpha value is -0.120. The summed E-state index contributed by atoms with van der Waals surface area (Å²) in [4.78, 5) is 2.57. The van der Waals surface area contributed by atoms with E-state index < -0.39 is 0 Å². The third-order valence-electron chi connectivity index (χ3n) is 3.42. The molecule has 0 bridgehead atoms. The molecule has 1 saturated carbocycles. The highest BCUT2D eigenvalue weighted by molar-refractivity contribution is 4.89. The molecule has 2 aliphatic rings. The van der Waals surface area contributed by atoms with Crippen molar-refractivity contribution in [1.29, 1.82) is 0 Å². The zero-order chi connectivity index (χ0) is 10.2. The molecule has 3 heteroatoms. The molecule has 1 aliphatic carbocycles. The zero-order valence-corrected chi connectivity index (χ0v) is 9.33. The van der Waals surface area contributed by atoms with Crippen molar-refractivity contribution in [1.82, 2.24) is 4.90 Å². The minimum absolute atomic E-state index is 0.0327. The molecule has 0 spiro atoms. The second-order valence-electron chi connectivity index (χ2n) is 5.31. The predicted molar refractivity (Wildman–Crippen MR) is 57.2 cm³/mol. The van der Waals surface area contributed by atoms with Gasteiger partial charge in [0.1, 0.15) is 0 Å². The van der Waals surface area contributed by atoms with Gasteiger partial charge in [-0.25, -0.2) is 0 Å². The summed E-state index contributed by atoms with van der Waals surface area (Å²) in [7, 11) is 0. The second-order valence-corrected chi connectivity index (χ2v) is 5.31. The van der Waals surface area contributed by atoms with Crippen LogP contribution in [0.2, 0.25) is 0 Å². The summed E-state index contributed by atoms with van der Waals surface area (Å²) < 4.78 is 5.71. The normalized spacial score (nSPS) is 38.8. The van der Waals surface area contributed by atoms with E-state index in [2.05, 4.69) is 18.7 Å². The molecule has 1 heterocycles. The molecule has 0 aromatic carbocycles. The fourth-order valence-electron chi connectivity index (χ4n) is 2.69. The van der Waals surface area contributed by atoms with Crippen molar-refractivity contribution in [3.63, 3.8) is 0 Å². The zero-order valence-electron chi connectivity index (χ0n) is 9.33. The highest BCUT2D eigenvalue weighted by Crippen LogP contribution is 2.27.